The number of para-hydroxylation sites is 1. The van der Waals surface area contributed by atoms with Gasteiger partial charge in [-0.2, -0.15) is 15.0 Å². The summed E-state index contributed by atoms with van der Waals surface area (Å²) >= 11 is 0. The van der Waals surface area contributed by atoms with Crippen molar-refractivity contribution in [3.8, 4) is 11.4 Å². The molecule has 8 nitrogen and oxygen atoms in total. The third-order valence-electron chi connectivity index (χ3n) is 5.95. The second kappa shape index (κ2) is 9.04. The molecule has 1 aliphatic rings. The van der Waals surface area contributed by atoms with Crippen LogP contribution >= 0.6 is 0 Å². The minimum absolute atomic E-state index is 0.0408. The first-order chi connectivity index (χ1) is 15.8. The summed E-state index contributed by atoms with van der Waals surface area (Å²) in [6.07, 6.45) is 4.42. The van der Waals surface area contributed by atoms with Crippen molar-refractivity contribution in [3.63, 3.8) is 0 Å². The second-order valence-corrected chi connectivity index (χ2v) is 8.81. The third kappa shape index (κ3) is 4.73. The summed E-state index contributed by atoms with van der Waals surface area (Å²) in [6.45, 7) is 13.3. The third-order valence-corrected chi connectivity index (χ3v) is 5.95. The zero-order valence-corrected chi connectivity index (χ0v) is 19.0. The Hall–Kier alpha value is -3.70. The van der Waals surface area contributed by atoms with Gasteiger partial charge in [-0.25, -0.2) is 4.85 Å². The van der Waals surface area contributed by atoms with Crippen molar-refractivity contribution in [1.29, 1.82) is 0 Å². The van der Waals surface area contributed by atoms with Crippen LogP contribution in [0.1, 0.15) is 49.5 Å². The lowest BCUT2D eigenvalue weighted by atomic mass is 9.97. The molecule has 2 atom stereocenters. The Morgan fingerprint density at radius 1 is 1.18 bits per heavy atom. The predicted molar refractivity (Wildman–Crippen MR) is 123 cm³/mol. The van der Waals surface area contributed by atoms with E-state index in [1.54, 1.807) is 50.5 Å². The molecule has 1 fully saturated rings. The van der Waals surface area contributed by atoms with Gasteiger partial charge in [-0.05, 0) is 57.4 Å². The van der Waals surface area contributed by atoms with Crippen molar-refractivity contribution in [2.24, 2.45) is 0 Å². The molecule has 170 valence electrons. The molecule has 0 spiro atoms. The van der Waals surface area contributed by atoms with E-state index in [0.29, 0.717) is 34.8 Å². The van der Waals surface area contributed by atoms with Crippen LogP contribution < -0.4 is 4.74 Å². The summed E-state index contributed by atoms with van der Waals surface area (Å²) in [6, 6.07) is 12.4. The van der Waals surface area contributed by atoms with Crippen LogP contribution in [0.2, 0.25) is 0 Å². The number of rotatable bonds is 5. The Labute approximate surface area is 193 Å². The highest BCUT2D eigenvalue weighted by atomic mass is 16.5. The average molecular weight is 446 g/mol. The first kappa shape index (κ1) is 22.5. The summed E-state index contributed by atoms with van der Waals surface area (Å²) < 4.78 is 6.23. The predicted octanol–water partition coefficient (Wildman–Crippen LogP) is 4.12. The van der Waals surface area contributed by atoms with E-state index >= 15 is 0 Å². The molecule has 1 aliphatic heterocycles. The largest absolute Gasteiger partial charge is 0.500 e. The van der Waals surface area contributed by atoms with Gasteiger partial charge in [0.25, 0.3) is 5.91 Å². The van der Waals surface area contributed by atoms with Crippen LogP contribution in [0, 0.1) is 6.57 Å². The summed E-state index contributed by atoms with van der Waals surface area (Å²) in [7, 11) is 0. The van der Waals surface area contributed by atoms with Crippen molar-refractivity contribution < 1.29 is 14.6 Å². The lowest BCUT2D eigenvalue weighted by molar-refractivity contribution is 0.0384. The van der Waals surface area contributed by atoms with Crippen LogP contribution in [-0.4, -0.2) is 49.6 Å². The maximum absolute atomic E-state index is 13.6. The number of hydrogen-bond acceptors (Lipinski definition) is 5. The van der Waals surface area contributed by atoms with E-state index < -0.39 is 5.60 Å². The number of carbonyl (C=O) groups is 1. The number of carbonyl (C=O) groups excluding carboxylic acids is 1. The van der Waals surface area contributed by atoms with Crippen LogP contribution in [0.15, 0.2) is 54.9 Å². The van der Waals surface area contributed by atoms with E-state index in [1.807, 2.05) is 30.0 Å². The fraction of sp³-hybridized carbons (Fsp3) is 0.360. The fourth-order valence-electron chi connectivity index (χ4n) is 4.04. The zero-order chi connectivity index (χ0) is 23.6. The van der Waals surface area contributed by atoms with E-state index in [9.17, 15) is 9.90 Å². The lowest BCUT2D eigenvalue weighted by Gasteiger charge is -2.38. The van der Waals surface area contributed by atoms with Gasteiger partial charge in [0.05, 0.1) is 42.4 Å². The number of hydrogen-bond donors (Lipinski definition) is 1. The number of piperidine rings is 1. The summed E-state index contributed by atoms with van der Waals surface area (Å²) in [5.74, 6) is 0.317. The maximum atomic E-state index is 13.6. The Bertz CT molecular complexity index is 1180. The van der Waals surface area contributed by atoms with E-state index in [1.165, 1.54) is 4.80 Å². The molecule has 2 aromatic carbocycles. The van der Waals surface area contributed by atoms with Crippen molar-refractivity contribution >= 4 is 11.6 Å². The quantitative estimate of drug-likeness (QED) is 0.597. The Balaban J connectivity index is 1.58. The number of aliphatic hydroxyl groups is 1. The molecule has 0 radical (unpaired) electrons. The van der Waals surface area contributed by atoms with Gasteiger partial charge in [-0.3, -0.25) is 4.79 Å². The molecule has 0 bridgehead atoms. The Kier molecular flexibility index (Phi) is 6.16. The number of likely N-dealkylation sites (tertiary alicyclic amines) is 1. The van der Waals surface area contributed by atoms with Gasteiger partial charge in [0.15, 0.2) is 0 Å². The first-order valence-electron chi connectivity index (χ1n) is 11.0. The Morgan fingerprint density at radius 2 is 1.91 bits per heavy atom. The molecule has 0 unspecified atom stereocenters. The molecule has 8 heteroatoms. The molecule has 1 N–H and O–H groups in total. The van der Waals surface area contributed by atoms with Crippen LogP contribution in [0.3, 0.4) is 0 Å². The average Bonchev–Trinajstić information content (AvgIpc) is 3.34. The standard InChI is InChI=1S/C25H27N5O3/c1-17-9-11-19(33-23-15-18(25(2,3)32)10-12-21(23)26-4)16-29(17)24(31)20-7-5-6-8-22(20)30-27-13-14-28-30/h5-8,10,12-15,17,19,32H,9,11,16H2,1-3H3/t17-,19-/m1/s1. The number of amides is 1. The van der Waals surface area contributed by atoms with Crippen molar-refractivity contribution in [3.05, 3.63) is 77.4 Å². The molecular weight excluding hydrogens is 418 g/mol. The van der Waals surface area contributed by atoms with Crippen molar-refractivity contribution in [1.82, 2.24) is 19.9 Å². The molecule has 1 amide bonds. The summed E-state index contributed by atoms with van der Waals surface area (Å²) in [5, 5.41) is 18.7. The summed E-state index contributed by atoms with van der Waals surface area (Å²) in [5.41, 5.74) is 1.15. The Morgan fingerprint density at radius 3 is 2.61 bits per heavy atom. The fourth-order valence-corrected chi connectivity index (χ4v) is 4.04. The first-order valence-corrected chi connectivity index (χ1v) is 11.0. The minimum Gasteiger partial charge on any atom is -0.500 e. The van der Waals surface area contributed by atoms with Gasteiger partial charge < -0.3 is 14.7 Å². The van der Waals surface area contributed by atoms with Gasteiger partial charge in [-0.15, -0.1) is 0 Å². The number of aromatic nitrogens is 3. The van der Waals surface area contributed by atoms with Crippen LogP contribution in [0.25, 0.3) is 10.5 Å². The molecule has 0 aliphatic carbocycles. The van der Waals surface area contributed by atoms with E-state index in [-0.39, 0.29) is 18.1 Å². The number of nitrogens with zero attached hydrogens (tertiary/aromatic N) is 5. The van der Waals surface area contributed by atoms with Crippen LogP contribution in [0.4, 0.5) is 5.69 Å². The normalized spacial score (nSPS) is 18.6. The molecule has 0 saturated carbocycles. The molecule has 1 aromatic heterocycles. The SMILES string of the molecule is [C-]#[N+]c1ccc(C(C)(C)O)cc1O[C@@H]1CC[C@@H](C)N(C(=O)c2ccccc2-n2nccn2)C1. The number of benzene rings is 2. The highest BCUT2D eigenvalue weighted by Gasteiger charge is 2.32. The van der Waals surface area contributed by atoms with Crippen molar-refractivity contribution in [2.45, 2.75) is 51.4 Å². The van der Waals surface area contributed by atoms with Crippen LogP contribution in [0.5, 0.6) is 5.75 Å². The molecule has 33 heavy (non-hydrogen) atoms. The number of ether oxygens (including phenoxy) is 1. The highest BCUT2D eigenvalue weighted by Crippen LogP contribution is 2.35. The van der Waals surface area contributed by atoms with Gasteiger partial charge in [0.1, 0.15) is 11.9 Å². The molecule has 3 aromatic rings. The van der Waals surface area contributed by atoms with Gasteiger partial charge >= 0.3 is 0 Å². The minimum atomic E-state index is -1.05. The van der Waals surface area contributed by atoms with E-state index in [2.05, 4.69) is 15.0 Å². The topological polar surface area (TPSA) is 84.8 Å². The van der Waals surface area contributed by atoms with Crippen molar-refractivity contribution in [2.75, 3.05) is 6.54 Å². The summed E-state index contributed by atoms with van der Waals surface area (Å²) in [4.78, 5) is 20.4. The monoisotopic (exact) mass is 445 g/mol. The smallest absolute Gasteiger partial charge is 0.256 e. The lowest BCUT2D eigenvalue weighted by Crippen LogP contribution is -2.49. The van der Waals surface area contributed by atoms with E-state index in [4.69, 9.17) is 11.3 Å². The second-order valence-electron chi connectivity index (χ2n) is 8.81. The molecule has 2 heterocycles. The molecule has 4 rings (SSSR count). The van der Waals surface area contributed by atoms with Gasteiger partial charge in [0, 0.05) is 6.04 Å². The molecule has 1 saturated heterocycles. The highest BCUT2D eigenvalue weighted by molar-refractivity contribution is 5.98. The van der Waals surface area contributed by atoms with Gasteiger partial charge in [0.2, 0.25) is 5.69 Å². The van der Waals surface area contributed by atoms with Gasteiger partial charge in [-0.1, -0.05) is 24.3 Å². The molecular formula is C25H27N5O3. The zero-order valence-electron chi connectivity index (χ0n) is 19.0. The maximum Gasteiger partial charge on any atom is 0.256 e. The van der Waals surface area contributed by atoms with Crippen LogP contribution in [-0.2, 0) is 5.60 Å². The van der Waals surface area contributed by atoms with E-state index in [0.717, 1.165) is 12.8 Å².